The Bertz CT molecular complexity index is 818. The third-order valence-electron chi connectivity index (χ3n) is 4.37. The maximum absolute atomic E-state index is 12.1. The number of benzene rings is 1. The maximum atomic E-state index is 12.1. The van der Waals surface area contributed by atoms with Crippen molar-refractivity contribution in [2.24, 2.45) is 0 Å². The van der Waals surface area contributed by atoms with E-state index >= 15 is 0 Å². The topological polar surface area (TPSA) is 81.2 Å². The number of carbonyl (C=O) groups excluding carboxylic acids is 3. The highest BCUT2D eigenvalue weighted by atomic mass is 16.3. The van der Waals surface area contributed by atoms with Gasteiger partial charge in [-0.3, -0.25) is 19.4 Å². The van der Waals surface area contributed by atoms with Crippen LogP contribution in [0.25, 0.3) is 0 Å². The zero-order valence-corrected chi connectivity index (χ0v) is 14.5. The molecule has 0 bridgehead atoms. The van der Waals surface area contributed by atoms with Crippen molar-refractivity contribution in [2.75, 3.05) is 14.1 Å². The van der Waals surface area contributed by atoms with Gasteiger partial charge in [-0.1, -0.05) is 24.3 Å². The lowest BCUT2D eigenvalue weighted by Crippen LogP contribution is -2.53. The molecule has 2 aliphatic heterocycles. The van der Waals surface area contributed by atoms with Gasteiger partial charge in [-0.15, -0.1) is 0 Å². The number of aliphatic hydroxyl groups is 1. The normalized spacial score (nSPS) is 18.2. The van der Waals surface area contributed by atoms with E-state index in [9.17, 15) is 19.5 Å². The van der Waals surface area contributed by atoms with Crippen LogP contribution < -0.4 is 0 Å². The van der Waals surface area contributed by atoms with Crippen molar-refractivity contribution >= 4 is 17.8 Å². The molecule has 0 atom stereocenters. The molecule has 1 aromatic carbocycles. The Balaban J connectivity index is 1.70. The first kappa shape index (κ1) is 17.5. The van der Waals surface area contributed by atoms with Crippen molar-refractivity contribution in [3.05, 3.63) is 71.2 Å². The number of aliphatic hydroxyl groups excluding tert-OH is 1. The van der Waals surface area contributed by atoms with Crippen LogP contribution in [0.5, 0.6) is 0 Å². The summed E-state index contributed by atoms with van der Waals surface area (Å²) in [4.78, 5) is 39.5. The number of fused-ring (bicyclic) bond motifs is 1. The minimum atomic E-state index is -0.739. The summed E-state index contributed by atoms with van der Waals surface area (Å²) in [6.45, 7) is 1.58. The van der Waals surface area contributed by atoms with Crippen LogP contribution in [0.3, 0.4) is 0 Å². The van der Waals surface area contributed by atoms with E-state index in [1.807, 2.05) is 18.3 Å². The molecule has 1 fully saturated rings. The van der Waals surface area contributed by atoms with Gasteiger partial charge in [-0.2, -0.15) is 0 Å². The van der Waals surface area contributed by atoms with Crippen molar-refractivity contribution in [2.45, 2.75) is 13.1 Å². The van der Waals surface area contributed by atoms with E-state index in [-0.39, 0.29) is 11.3 Å². The molecular weight excluding hydrogens is 334 g/mol. The minimum absolute atomic E-state index is 0.245. The number of amides is 4. The SMILES string of the molecule is CN1C(=O)C(=C/C(O)=C/C=C/N2Cc3ccccc3C2)C(=O)N(C)C1=O. The molecule has 1 N–H and O–H groups in total. The highest BCUT2D eigenvalue weighted by Gasteiger charge is 2.37. The molecule has 0 spiro atoms. The standard InChI is InChI=1S/C19H19N3O4/c1-20-17(24)16(18(25)21(2)19(20)26)10-15(23)8-5-9-22-11-13-6-3-4-7-14(13)12-22/h3-10,23H,11-12H2,1-2H3/b9-5+,15-8-. The van der Waals surface area contributed by atoms with Crippen LogP contribution in [-0.2, 0) is 22.7 Å². The Kier molecular flexibility index (Phi) is 4.62. The van der Waals surface area contributed by atoms with E-state index in [0.717, 1.165) is 29.0 Å². The van der Waals surface area contributed by atoms with Gasteiger partial charge in [0.25, 0.3) is 11.8 Å². The number of hydrogen-bond acceptors (Lipinski definition) is 5. The van der Waals surface area contributed by atoms with Crippen LogP contribution >= 0.6 is 0 Å². The number of nitrogens with zero attached hydrogens (tertiary/aromatic N) is 3. The van der Waals surface area contributed by atoms with Crippen molar-refractivity contribution in [3.63, 3.8) is 0 Å². The van der Waals surface area contributed by atoms with E-state index in [0.29, 0.717) is 0 Å². The fraction of sp³-hybridized carbons (Fsp3) is 0.211. The Labute approximate surface area is 151 Å². The second-order valence-electron chi connectivity index (χ2n) is 6.18. The monoisotopic (exact) mass is 353 g/mol. The fourth-order valence-corrected chi connectivity index (χ4v) is 2.90. The molecule has 2 aliphatic rings. The number of urea groups is 1. The van der Waals surface area contributed by atoms with Gasteiger partial charge in [0, 0.05) is 27.2 Å². The second-order valence-corrected chi connectivity index (χ2v) is 6.18. The third kappa shape index (κ3) is 3.23. The van der Waals surface area contributed by atoms with E-state index in [4.69, 9.17) is 0 Å². The first-order valence-electron chi connectivity index (χ1n) is 8.08. The zero-order valence-electron chi connectivity index (χ0n) is 14.5. The maximum Gasteiger partial charge on any atom is 0.333 e. The van der Waals surface area contributed by atoms with Gasteiger partial charge in [0.1, 0.15) is 11.3 Å². The van der Waals surface area contributed by atoms with Gasteiger partial charge in [-0.05, 0) is 35.6 Å². The Hall–Kier alpha value is -3.35. The Morgan fingerprint density at radius 3 is 2.08 bits per heavy atom. The molecule has 1 aromatic rings. The number of hydrogen-bond donors (Lipinski definition) is 1. The minimum Gasteiger partial charge on any atom is -0.508 e. The molecule has 0 aromatic heterocycles. The van der Waals surface area contributed by atoms with Crippen molar-refractivity contribution in [1.82, 2.24) is 14.7 Å². The van der Waals surface area contributed by atoms with Crippen LogP contribution in [0, 0.1) is 0 Å². The van der Waals surface area contributed by atoms with Crippen LogP contribution in [0.15, 0.2) is 60.0 Å². The highest BCUT2D eigenvalue weighted by molar-refractivity contribution is 6.28. The van der Waals surface area contributed by atoms with Gasteiger partial charge in [-0.25, -0.2) is 4.79 Å². The summed E-state index contributed by atoms with van der Waals surface area (Å²) < 4.78 is 0. The van der Waals surface area contributed by atoms with E-state index in [1.165, 1.54) is 31.3 Å². The molecule has 0 saturated carbocycles. The third-order valence-corrected chi connectivity index (χ3v) is 4.37. The molecule has 2 heterocycles. The predicted molar refractivity (Wildman–Crippen MR) is 94.6 cm³/mol. The number of barbiturate groups is 1. The molecule has 0 aliphatic carbocycles. The molecule has 1 saturated heterocycles. The average Bonchev–Trinajstić information content (AvgIpc) is 3.04. The Morgan fingerprint density at radius 1 is 1.00 bits per heavy atom. The van der Waals surface area contributed by atoms with Crippen molar-refractivity contribution in [1.29, 1.82) is 0 Å². The van der Waals surface area contributed by atoms with Gasteiger partial charge in [0.05, 0.1) is 0 Å². The number of likely N-dealkylation sites (N-methyl/N-ethyl adjacent to an activating group) is 2. The van der Waals surface area contributed by atoms with Crippen molar-refractivity contribution < 1.29 is 19.5 Å². The lowest BCUT2D eigenvalue weighted by atomic mass is 10.1. The molecule has 0 radical (unpaired) electrons. The summed E-state index contributed by atoms with van der Waals surface area (Å²) in [5.74, 6) is -1.72. The molecule has 26 heavy (non-hydrogen) atoms. The molecule has 3 rings (SSSR count). The van der Waals surface area contributed by atoms with Gasteiger partial charge >= 0.3 is 6.03 Å². The number of rotatable bonds is 3. The Morgan fingerprint density at radius 2 is 1.54 bits per heavy atom. The summed E-state index contributed by atoms with van der Waals surface area (Å²) >= 11 is 0. The molecule has 7 heteroatoms. The summed E-state index contributed by atoms with van der Waals surface area (Å²) in [6.07, 6.45) is 5.95. The molecular formula is C19H19N3O4. The number of imide groups is 2. The van der Waals surface area contributed by atoms with E-state index in [2.05, 4.69) is 17.0 Å². The van der Waals surface area contributed by atoms with Gasteiger partial charge < -0.3 is 10.0 Å². The molecule has 134 valence electrons. The van der Waals surface area contributed by atoms with Gasteiger partial charge in [0.2, 0.25) is 0 Å². The highest BCUT2D eigenvalue weighted by Crippen LogP contribution is 2.22. The van der Waals surface area contributed by atoms with Crippen LogP contribution in [0.1, 0.15) is 11.1 Å². The zero-order chi connectivity index (χ0) is 18.8. The fourth-order valence-electron chi connectivity index (χ4n) is 2.90. The lowest BCUT2D eigenvalue weighted by Gasteiger charge is -2.28. The average molecular weight is 353 g/mol. The van der Waals surface area contributed by atoms with Crippen LogP contribution in [0.2, 0.25) is 0 Å². The number of allylic oxidation sites excluding steroid dienone is 3. The molecule has 7 nitrogen and oxygen atoms in total. The smallest absolute Gasteiger partial charge is 0.333 e. The summed E-state index contributed by atoms with van der Waals surface area (Å²) in [6, 6.07) is 7.46. The van der Waals surface area contributed by atoms with Gasteiger partial charge in [0.15, 0.2) is 0 Å². The van der Waals surface area contributed by atoms with Crippen molar-refractivity contribution in [3.8, 4) is 0 Å². The second kappa shape index (κ2) is 6.87. The molecule has 4 amide bonds. The lowest BCUT2D eigenvalue weighted by molar-refractivity contribution is -0.134. The largest absolute Gasteiger partial charge is 0.508 e. The summed E-state index contributed by atoms with van der Waals surface area (Å²) in [5.41, 5.74) is 2.27. The van der Waals surface area contributed by atoms with Crippen LogP contribution in [0.4, 0.5) is 4.79 Å². The van der Waals surface area contributed by atoms with E-state index < -0.39 is 17.8 Å². The first-order chi connectivity index (χ1) is 12.4. The summed E-state index contributed by atoms with van der Waals surface area (Å²) in [5, 5.41) is 10.0. The predicted octanol–water partition coefficient (Wildman–Crippen LogP) is 1.93. The first-order valence-corrected chi connectivity index (χ1v) is 8.08. The van der Waals surface area contributed by atoms with E-state index in [1.54, 1.807) is 6.08 Å². The quantitative estimate of drug-likeness (QED) is 0.389. The molecule has 0 unspecified atom stereocenters. The van der Waals surface area contributed by atoms with Crippen LogP contribution in [-0.4, -0.2) is 51.7 Å². The number of carbonyl (C=O) groups is 3. The summed E-state index contributed by atoms with van der Waals surface area (Å²) in [7, 11) is 2.57.